The zero-order valence-electron chi connectivity index (χ0n) is 28.7. The Balaban J connectivity index is 3.25. The van der Waals surface area contributed by atoms with Crippen LogP contribution in [0, 0.1) is 0 Å². The lowest BCUT2D eigenvalue weighted by atomic mass is 9.78. The summed E-state index contributed by atoms with van der Waals surface area (Å²) in [6, 6.07) is 3.76. The summed E-state index contributed by atoms with van der Waals surface area (Å²) in [4.78, 5) is 74.0. The van der Waals surface area contributed by atoms with E-state index in [-0.39, 0.29) is 57.1 Å². The third kappa shape index (κ3) is 17.6. The first-order valence-corrected chi connectivity index (χ1v) is 16.8. The van der Waals surface area contributed by atoms with E-state index in [0.29, 0.717) is 37.8 Å². The van der Waals surface area contributed by atoms with Gasteiger partial charge >= 0.3 is 7.12 Å². The third-order valence-electron chi connectivity index (χ3n) is 7.52. The highest BCUT2D eigenvalue weighted by molar-refractivity contribution is 6.79. The van der Waals surface area contributed by atoms with Crippen LogP contribution in [0.15, 0.2) is 40.3 Å². The molecule has 0 aliphatic heterocycles. The van der Waals surface area contributed by atoms with Crippen LogP contribution in [0.25, 0.3) is 0 Å². The number of carbonyl (C=O) groups excluding carboxylic acids is 5. The van der Waals surface area contributed by atoms with Gasteiger partial charge in [-0.05, 0) is 70.0 Å². The normalized spacial score (nSPS) is 13.0. The molecular weight excluding hydrogens is 649 g/mol. The second-order valence-corrected chi connectivity index (χ2v) is 11.7. The van der Waals surface area contributed by atoms with Gasteiger partial charge in [0.2, 0.25) is 17.7 Å². The van der Waals surface area contributed by atoms with Gasteiger partial charge in [-0.1, -0.05) is 38.0 Å². The summed E-state index contributed by atoms with van der Waals surface area (Å²) in [5.41, 5.74) is 26.4. The van der Waals surface area contributed by atoms with E-state index in [2.05, 4.69) is 31.3 Å². The van der Waals surface area contributed by atoms with E-state index in [1.165, 1.54) is 0 Å². The maximum Gasteiger partial charge on any atom is 0.529 e. The molecule has 0 fully saturated rings. The standard InChI is InChI=1S/C31H54BN11O7/c1-2-3-13-22(41-26(45)20-11-5-4-6-12-20)28(47)42-23(14-7-8-17-33)29(48)43-24(16-10-19-39-31(36)37)27(46)40-21(25(44)32(49)50)15-9-18-38-30(34)35/h4-6,11-12,21-24,49-50H,2-3,7-10,13-19,33H2,1H3,(H,40,46)(H,41,45)(H,42,47)(H,43,48)(H4,34,35,38)(H4,36,37,39)/t21-,22-,23-,24-/m0/s1. The van der Waals surface area contributed by atoms with Crippen LogP contribution in [0.5, 0.6) is 0 Å². The maximum absolute atomic E-state index is 13.7. The summed E-state index contributed by atoms with van der Waals surface area (Å²) < 4.78 is 0. The number of amides is 4. The first-order chi connectivity index (χ1) is 23.8. The summed E-state index contributed by atoms with van der Waals surface area (Å²) in [6.07, 6.45) is 3.31. The molecule has 0 radical (unpaired) electrons. The fourth-order valence-electron chi connectivity index (χ4n) is 4.83. The van der Waals surface area contributed by atoms with Crippen molar-refractivity contribution in [2.24, 2.45) is 38.7 Å². The highest BCUT2D eigenvalue weighted by Crippen LogP contribution is 2.10. The Hall–Kier alpha value is -4.75. The number of nitrogens with two attached hydrogens (primary N) is 5. The molecule has 1 rings (SSSR count). The van der Waals surface area contributed by atoms with E-state index in [1.54, 1.807) is 30.3 Å². The van der Waals surface area contributed by atoms with Crippen LogP contribution in [0.1, 0.15) is 81.5 Å². The van der Waals surface area contributed by atoms with Gasteiger partial charge in [-0.15, -0.1) is 0 Å². The summed E-state index contributed by atoms with van der Waals surface area (Å²) in [5, 5.41) is 29.7. The lowest BCUT2D eigenvalue weighted by molar-refractivity contribution is -0.133. The topological polar surface area (TPSA) is 329 Å². The molecule has 4 atom stereocenters. The maximum atomic E-state index is 13.7. The number of nitrogens with one attached hydrogen (secondary N) is 4. The SMILES string of the molecule is CCCC[C@H](NC(=O)c1ccccc1)C(=O)N[C@@H](CCCCN)C(=O)N[C@@H](CCCN=C(N)N)C(=O)N[C@@H](CCCN=C(N)N)C(=O)B(O)O. The van der Waals surface area contributed by atoms with Gasteiger partial charge in [0.05, 0.1) is 6.04 Å². The van der Waals surface area contributed by atoms with Gasteiger partial charge in [-0.2, -0.15) is 0 Å². The molecule has 0 saturated carbocycles. The van der Waals surface area contributed by atoms with E-state index in [1.807, 2.05) is 6.92 Å². The number of carbonyl (C=O) groups is 5. The molecular formula is C31H54BN11O7. The average Bonchev–Trinajstić information content (AvgIpc) is 3.08. The Labute approximate surface area is 293 Å². The molecule has 50 heavy (non-hydrogen) atoms. The predicted octanol–water partition coefficient (Wildman–Crippen LogP) is -2.75. The number of hydrogen-bond acceptors (Lipinski definition) is 10. The van der Waals surface area contributed by atoms with Crippen molar-refractivity contribution < 1.29 is 34.0 Å². The van der Waals surface area contributed by atoms with Crippen LogP contribution in [-0.4, -0.2) is 102 Å². The summed E-state index contributed by atoms with van der Waals surface area (Å²) in [7, 11) is -2.37. The number of rotatable bonds is 25. The van der Waals surface area contributed by atoms with Crippen molar-refractivity contribution >= 4 is 48.3 Å². The predicted molar refractivity (Wildman–Crippen MR) is 191 cm³/mol. The lowest BCUT2D eigenvalue weighted by Gasteiger charge is -2.26. The van der Waals surface area contributed by atoms with Crippen molar-refractivity contribution in [2.45, 2.75) is 95.3 Å². The molecule has 0 unspecified atom stereocenters. The first kappa shape index (κ1) is 43.3. The molecule has 16 N–H and O–H groups in total. The Morgan fingerprint density at radius 2 is 1.10 bits per heavy atom. The van der Waals surface area contributed by atoms with Gasteiger partial charge < -0.3 is 64.8 Å². The Morgan fingerprint density at radius 1 is 0.660 bits per heavy atom. The molecule has 0 saturated heterocycles. The lowest BCUT2D eigenvalue weighted by Crippen LogP contribution is -2.58. The molecule has 1 aromatic rings. The Kier molecular flexibility index (Phi) is 21.1. The van der Waals surface area contributed by atoms with Crippen LogP contribution in [0.3, 0.4) is 0 Å². The van der Waals surface area contributed by atoms with Gasteiger partial charge in [0.15, 0.2) is 17.6 Å². The third-order valence-corrected chi connectivity index (χ3v) is 7.52. The number of nitrogens with zero attached hydrogens (tertiary/aromatic N) is 2. The minimum atomic E-state index is -2.37. The van der Waals surface area contributed by atoms with Crippen molar-refractivity contribution in [3.63, 3.8) is 0 Å². The van der Waals surface area contributed by atoms with Crippen molar-refractivity contribution in [3.8, 4) is 0 Å². The van der Waals surface area contributed by atoms with E-state index >= 15 is 0 Å². The minimum absolute atomic E-state index is 0.0146. The number of aliphatic imine (C=N–C) groups is 2. The van der Waals surface area contributed by atoms with E-state index in [4.69, 9.17) is 28.7 Å². The number of hydrogen-bond donors (Lipinski definition) is 11. The minimum Gasteiger partial charge on any atom is -0.421 e. The summed E-state index contributed by atoms with van der Waals surface area (Å²) in [6.45, 7) is 2.52. The molecule has 278 valence electrons. The highest BCUT2D eigenvalue weighted by atomic mass is 16.4. The summed E-state index contributed by atoms with van der Waals surface area (Å²) in [5.74, 6) is -2.86. The first-order valence-electron chi connectivity index (χ1n) is 16.8. The Bertz CT molecular complexity index is 1280. The molecule has 18 nitrogen and oxygen atoms in total. The van der Waals surface area contributed by atoms with E-state index in [9.17, 15) is 34.0 Å². The average molecular weight is 704 g/mol. The van der Waals surface area contributed by atoms with E-state index < -0.39 is 60.6 Å². The van der Waals surface area contributed by atoms with Gasteiger partial charge in [-0.3, -0.25) is 29.2 Å². The van der Waals surface area contributed by atoms with Crippen LogP contribution in [0.2, 0.25) is 0 Å². The van der Waals surface area contributed by atoms with Crippen LogP contribution >= 0.6 is 0 Å². The molecule has 4 amide bonds. The second-order valence-electron chi connectivity index (χ2n) is 11.7. The van der Waals surface area contributed by atoms with Crippen LogP contribution in [0.4, 0.5) is 0 Å². The van der Waals surface area contributed by atoms with Gasteiger partial charge in [0.1, 0.15) is 18.1 Å². The van der Waals surface area contributed by atoms with Crippen molar-refractivity contribution in [1.29, 1.82) is 0 Å². The molecule has 0 spiro atoms. The number of benzene rings is 1. The summed E-state index contributed by atoms with van der Waals surface area (Å²) >= 11 is 0. The molecule has 0 heterocycles. The largest absolute Gasteiger partial charge is 0.529 e. The highest BCUT2D eigenvalue weighted by Gasteiger charge is 2.34. The van der Waals surface area contributed by atoms with Crippen LogP contribution in [-0.2, 0) is 19.2 Å². The monoisotopic (exact) mass is 703 g/mol. The number of unbranched alkanes of at least 4 members (excludes halogenated alkanes) is 2. The molecule has 1 aromatic carbocycles. The molecule has 19 heteroatoms. The van der Waals surface area contributed by atoms with Gasteiger partial charge in [-0.25, -0.2) is 0 Å². The smallest absolute Gasteiger partial charge is 0.421 e. The van der Waals surface area contributed by atoms with Crippen LogP contribution < -0.4 is 49.9 Å². The zero-order chi connectivity index (χ0) is 37.5. The molecule has 0 aliphatic carbocycles. The quantitative estimate of drug-likeness (QED) is 0.0214. The fourth-order valence-corrected chi connectivity index (χ4v) is 4.83. The zero-order valence-corrected chi connectivity index (χ0v) is 28.7. The van der Waals surface area contributed by atoms with E-state index in [0.717, 1.165) is 6.42 Å². The van der Waals surface area contributed by atoms with Gasteiger partial charge in [0.25, 0.3) is 5.91 Å². The van der Waals surface area contributed by atoms with Crippen molar-refractivity contribution in [1.82, 2.24) is 21.3 Å². The number of guanidine groups is 2. The molecule has 0 aromatic heterocycles. The fraction of sp³-hybridized carbons (Fsp3) is 0.581. The Morgan fingerprint density at radius 3 is 1.56 bits per heavy atom. The van der Waals surface area contributed by atoms with Gasteiger partial charge in [0, 0.05) is 18.7 Å². The van der Waals surface area contributed by atoms with Crippen molar-refractivity contribution in [2.75, 3.05) is 19.6 Å². The molecule has 0 aliphatic rings. The second kappa shape index (κ2) is 24.4. The molecule has 0 bridgehead atoms. The van der Waals surface area contributed by atoms with Crippen molar-refractivity contribution in [3.05, 3.63) is 35.9 Å².